The van der Waals surface area contributed by atoms with Gasteiger partial charge in [-0.15, -0.1) is 0 Å². The highest BCUT2D eigenvalue weighted by Crippen LogP contribution is 2.68. The van der Waals surface area contributed by atoms with Gasteiger partial charge in [0.05, 0.1) is 0 Å². The van der Waals surface area contributed by atoms with Crippen LogP contribution < -0.4 is 0 Å². The molecule has 16 heavy (non-hydrogen) atoms. The molecule has 2 aliphatic rings. The lowest BCUT2D eigenvalue weighted by molar-refractivity contribution is -0.137. The van der Waals surface area contributed by atoms with Gasteiger partial charge in [-0.25, -0.2) is 0 Å². The molecule has 92 valence electrons. The molecule has 3 unspecified atom stereocenters. The third-order valence-corrected chi connectivity index (χ3v) is 5.92. The average molecular weight is 224 g/mol. The van der Waals surface area contributed by atoms with E-state index >= 15 is 0 Å². The summed E-state index contributed by atoms with van der Waals surface area (Å²) < 4.78 is 0. The number of carboxylic acids is 1. The summed E-state index contributed by atoms with van der Waals surface area (Å²) in [5.74, 6) is 1.00. The van der Waals surface area contributed by atoms with Crippen molar-refractivity contribution >= 4 is 5.97 Å². The summed E-state index contributed by atoms with van der Waals surface area (Å²) in [4.78, 5) is 10.5. The predicted molar refractivity (Wildman–Crippen MR) is 64.2 cm³/mol. The molecule has 2 saturated carbocycles. The zero-order valence-corrected chi connectivity index (χ0v) is 10.8. The fourth-order valence-corrected chi connectivity index (χ4v) is 4.31. The molecule has 2 heteroatoms. The summed E-state index contributed by atoms with van der Waals surface area (Å²) in [6.07, 6.45) is 6.39. The maximum Gasteiger partial charge on any atom is 0.303 e. The van der Waals surface area contributed by atoms with Crippen molar-refractivity contribution in [3.8, 4) is 0 Å². The number of aliphatic carboxylic acids is 1. The van der Waals surface area contributed by atoms with Crippen molar-refractivity contribution in [3.63, 3.8) is 0 Å². The molecule has 2 rings (SSSR count). The molecule has 2 nitrogen and oxygen atoms in total. The Kier molecular flexibility index (Phi) is 2.80. The van der Waals surface area contributed by atoms with E-state index in [0.29, 0.717) is 17.3 Å². The highest BCUT2D eigenvalue weighted by molar-refractivity contribution is 5.66. The molecule has 0 spiro atoms. The fourth-order valence-electron chi connectivity index (χ4n) is 4.31. The van der Waals surface area contributed by atoms with Crippen LogP contribution in [0.3, 0.4) is 0 Å². The summed E-state index contributed by atoms with van der Waals surface area (Å²) in [7, 11) is 0. The smallest absolute Gasteiger partial charge is 0.303 e. The van der Waals surface area contributed by atoms with E-state index < -0.39 is 5.97 Å². The summed E-state index contributed by atoms with van der Waals surface area (Å²) in [5, 5.41) is 8.69. The number of hydrogen-bond acceptors (Lipinski definition) is 1. The maximum absolute atomic E-state index is 10.5. The minimum Gasteiger partial charge on any atom is -0.481 e. The van der Waals surface area contributed by atoms with E-state index in [1.165, 1.54) is 19.3 Å². The Bertz CT molecular complexity index is 295. The lowest BCUT2D eigenvalue weighted by Gasteiger charge is -2.39. The fraction of sp³-hybridized carbons (Fsp3) is 0.929. The minimum absolute atomic E-state index is 0.345. The van der Waals surface area contributed by atoms with Gasteiger partial charge < -0.3 is 5.11 Å². The van der Waals surface area contributed by atoms with Gasteiger partial charge in [0, 0.05) is 6.42 Å². The molecule has 0 saturated heterocycles. The average Bonchev–Trinajstić information content (AvgIpc) is 2.49. The highest BCUT2D eigenvalue weighted by atomic mass is 16.4. The van der Waals surface area contributed by atoms with E-state index in [9.17, 15) is 4.79 Å². The predicted octanol–water partition coefficient (Wildman–Crippen LogP) is 3.70. The second-order valence-corrected chi connectivity index (χ2v) is 6.59. The van der Waals surface area contributed by atoms with Gasteiger partial charge in [0.2, 0.25) is 0 Å². The lowest BCUT2D eigenvalue weighted by atomic mass is 9.65. The van der Waals surface area contributed by atoms with Crippen molar-refractivity contribution in [2.45, 2.75) is 59.3 Å². The molecule has 2 bridgehead atoms. The van der Waals surface area contributed by atoms with Crippen LogP contribution in [0.25, 0.3) is 0 Å². The number of hydrogen-bond donors (Lipinski definition) is 1. The van der Waals surface area contributed by atoms with Crippen molar-refractivity contribution < 1.29 is 9.90 Å². The molecule has 2 fully saturated rings. The number of carbonyl (C=O) groups is 1. The summed E-state index contributed by atoms with van der Waals surface area (Å²) in [6.45, 7) is 7.27. The van der Waals surface area contributed by atoms with Crippen molar-refractivity contribution in [2.75, 3.05) is 0 Å². The first-order valence-corrected chi connectivity index (χ1v) is 6.60. The quantitative estimate of drug-likeness (QED) is 0.790. The summed E-state index contributed by atoms with van der Waals surface area (Å²) in [6, 6.07) is 0. The highest BCUT2D eigenvalue weighted by Gasteiger charge is 2.60. The van der Waals surface area contributed by atoms with E-state index in [0.717, 1.165) is 24.7 Å². The van der Waals surface area contributed by atoms with Gasteiger partial charge in [-0.1, -0.05) is 20.8 Å². The second-order valence-electron chi connectivity index (χ2n) is 6.59. The minimum atomic E-state index is -0.646. The Labute approximate surface area is 98.4 Å². The molecular formula is C14H24O2. The van der Waals surface area contributed by atoms with E-state index in [2.05, 4.69) is 20.8 Å². The molecule has 0 amide bonds. The SMILES string of the molecule is CC1(C)C2CCC1(C)C(CCCC(=O)O)C2. The largest absolute Gasteiger partial charge is 0.481 e. The Morgan fingerprint density at radius 3 is 2.50 bits per heavy atom. The molecule has 0 aromatic rings. The number of rotatable bonds is 4. The molecular weight excluding hydrogens is 200 g/mol. The van der Waals surface area contributed by atoms with Crippen LogP contribution in [0.4, 0.5) is 0 Å². The van der Waals surface area contributed by atoms with Crippen LogP contribution in [-0.2, 0) is 4.79 Å². The van der Waals surface area contributed by atoms with Crippen LogP contribution in [-0.4, -0.2) is 11.1 Å². The normalized spacial score (nSPS) is 40.2. The van der Waals surface area contributed by atoms with Crippen LogP contribution >= 0.6 is 0 Å². The van der Waals surface area contributed by atoms with Crippen LogP contribution in [0, 0.1) is 22.7 Å². The first-order chi connectivity index (χ1) is 7.38. The maximum atomic E-state index is 10.5. The topological polar surface area (TPSA) is 37.3 Å². The molecule has 0 aromatic heterocycles. The molecule has 0 radical (unpaired) electrons. The van der Waals surface area contributed by atoms with Crippen molar-refractivity contribution in [3.05, 3.63) is 0 Å². The zero-order valence-electron chi connectivity index (χ0n) is 10.8. The van der Waals surface area contributed by atoms with Crippen LogP contribution in [0.2, 0.25) is 0 Å². The third-order valence-electron chi connectivity index (χ3n) is 5.92. The van der Waals surface area contributed by atoms with Crippen LogP contribution in [0.5, 0.6) is 0 Å². The van der Waals surface area contributed by atoms with Gasteiger partial charge in [0.1, 0.15) is 0 Å². The molecule has 1 N–H and O–H groups in total. The molecule has 2 aliphatic carbocycles. The number of fused-ring (bicyclic) bond motifs is 2. The van der Waals surface area contributed by atoms with E-state index in [4.69, 9.17) is 5.11 Å². The molecule has 3 atom stereocenters. The zero-order chi connectivity index (χ0) is 12.0. The van der Waals surface area contributed by atoms with Gasteiger partial charge in [-0.2, -0.15) is 0 Å². The summed E-state index contributed by atoms with van der Waals surface area (Å²) >= 11 is 0. The van der Waals surface area contributed by atoms with Crippen LogP contribution in [0.1, 0.15) is 59.3 Å². The number of carboxylic acid groups (broad SMARTS) is 1. The van der Waals surface area contributed by atoms with E-state index in [1.54, 1.807) is 0 Å². The summed E-state index contributed by atoms with van der Waals surface area (Å²) in [5.41, 5.74) is 0.942. The van der Waals surface area contributed by atoms with Gasteiger partial charge in [-0.05, 0) is 54.8 Å². The van der Waals surface area contributed by atoms with Crippen molar-refractivity contribution in [1.29, 1.82) is 0 Å². The lowest BCUT2D eigenvalue weighted by Crippen LogP contribution is -2.32. The molecule has 0 heterocycles. The van der Waals surface area contributed by atoms with E-state index in [-0.39, 0.29) is 0 Å². The van der Waals surface area contributed by atoms with Gasteiger partial charge >= 0.3 is 5.97 Å². The Morgan fingerprint density at radius 1 is 1.38 bits per heavy atom. The Morgan fingerprint density at radius 2 is 2.06 bits per heavy atom. The van der Waals surface area contributed by atoms with Gasteiger partial charge in [0.25, 0.3) is 0 Å². The Balaban J connectivity index is 1.96. The monoisotopic (exact) mass is 224 g/mol. The van der Waals surface area contributed by atoms with E-state index in [1.807, 2.05) is 0 Å². The Hall–Kier alpha value is -0.530. The van der Waals surface area contributed by atoms with Gasteiger partial charge in [-0.3, -0.25) is 4.79 Å². The third kappa shape index (κ3) is 1.57. The van der Waals surface area contributed by atoms with Crippen LogP contribution in [0.15, 0.2) is 0 Å². The molecule has 0 aliphatic heterocycles. The van der Waals surface area contributed by atoms with Crippen molar-refractivity contribution in [2.24, 2.45) is 22.7 Å². The van der Waals surface area contributed by atoms with Crippen molar-refractivity contribution in [1.82, 2.24) is 0 Å². The second kappa shape index (κ2) is 3.75. The standard InChI is InChI=1S/C14H24O2/c1-13(2)10-7-8-14(13,3)11(9-10)5-4-6-12(15)16/h10-11H,4-9H2,1-3H3,(H,15,16). The first-order valence-electron chi connectivity index (χ1n) is 6.60. The molecule has 0 aromatic carbocycles. The first kappa shape index (κ1) is 11.9. The van der Waals surface area contributed by atoms with Gasteiger partial charge in [0.15, 0.2) is 0 Å².